The summed E-state index contributed by atoms with van der Waals surface area (Å²) < 4.78 is 69.7. The Labute approximate surface area is 163 Å². The Kier molecular flexibility index (Phi) is 6.19. The monoisotopic (exact) mass is 432 g/mol. The van der Waals surface area contributed by atoms with Crippen molar-refractivity contribution in [3.05, 3.63) is 46.5 Å². The van der Waals surface area contributed by atoms with Gasteiger partial charge in [-0.1, -0.05) is 0 Å². The second-order valence-corrected chi connectivity index (χ2v) is 10.0. The summed E-state index contributed by atoms with van der Waals surface area (Å²) in [7, 11) is -7.73. The highest BCUT2D eigenvalue weighted by atomic mass is 32.2. The molecule has 0 aliphatic rings. The van der Waals surface area contributed by atoms with E-state index in [4.69, 9.17) is 4.74 Å². The van der Waals surface area contributed by atoms with Crippen molar-refractivity contribution in [2.24, 2.45) is 0 Å². The van der Waals surface area contributed by atoms with Crippen molar-refractivity contribution in [3.8, 4) is 0 Å². The summed E-state index contributed by atoms with van der Waals surface area (Å²) in [5, 5.41) is 0. The number of hydrogen-bond donors (Lipinski definition) is 2. The first-order chi connectivity index (χ1) is 12.9. The van der Waals surface area contributed by atoms with E-state index in [9.17, 15) is 26.0 Å². The summed E-state index contributed by atoms with van der Waals surface area (Å²) in [5.74, 6) is -1.92. The van der Waals surface area contributed by atoms with Crippen molar-refractivity contribution in [1.29, 1.82) is 0 Å². The molecular weight excluding hydrogens is 411 g/mol. The predicted molar refractivity (Wildman–Crippen MR) is 102 cm³/mol. The fraction of sp³-hybridized carbons (Fsp3) is 0.353. The van der Waals surface area contributed by atoms with Gasteiger partial charge in [0.15, 0.2) is 9.84 Å². The van der Waals surface area contributed by atoms with Crippen molar-refractivity contribution in [1.82, 2.24) is 4.98 Å². The Morgan fingerprint density at radius 3 is 2.43 bits per heavy atom. The highest BCUT2D eigenvalue weighted by Gasteiger charge is 2.28. The molecule has 154 valence electrons. The summed E-state index contributed by atoms with van der Waals surface area (Å²) in [6.45, 7) is 4.68. The lowest BCUT2D eigenvalue weighted by Crippen LogP contribution is -2.17. The summed E-state index contributed by atoms with van der Waals surface area (Å²) >= 11 is 0. The number of esters is 1. The number of sulfonamides is 1. The van der Waals surface area contributed by atoms with Crippen LogP contribution in [0, 0.1) is 19.7 Å². The second kappa shape index (κ2) is 7.92. The number of carbonyl (C=O) groups excluding carboxylic acids is 1. The van der Waals surface area contributed by atoms with E-state index in [0.29, 0.717) is 0 Å². The molecule has 1 aromatic carbocycles. The first-order valence-electron chi connectivity index (χ1n) is 8.21. The third-order valence-corrected chi connectivity index (χ3v) is 6.32. The van der Waals surface area contributed by atoms with Crippen molar-refractivity contribution in [3.63, 3.8) is 0 Å². The minimum absolute atomic E-state index is 0.00944. The summed E-state index contributed by atoms with van der Waals surface area (Å²) in [5.41, 5.74) is 0.289. The Bertz CT molecular complexity index is 1120. The molecule has 0 saturated carbocycles. The number of hydrogen-bond acceptors (Lipinski definition) is 6. The van der Waals surface area contributed by atoms with Gasteiger partial charge in [-0.25, -0.2) is 26.0 Å². The number of rotatable bonds is 7. The third kappa shape index (κ3) is 4.90. The molecule has 11 heteroatoms. The molecule has 28 heavy (non-hydrogen) atoms. The Morgan fingerprint density at radius 2 is 1.86 bits per heavy atom. The zero-order chi connectivity index (χ0) is 21.3. The van der Waals surface area contributed by atoms with E-state index < -0.39 is 37.4 Å². The minimum atomic E-state index is -4.20. The summed E-state index contributed by atoms with van der Waals surface area (Å²) in [6.07, 6.45) is 0.961. The van der Waals surface area contributed by atoms with Gasteiger partial charge in [0.05, 0.1) is 18.0 Å². The number of benzene rings is 1. The van der Waals surface area contributed by atoms with Gasteiger partial charge >= 0.3 is 5.97 Å². The normalized spacial score (nSPS) is 12.0. The van der Waals surface area contributed by atoms with Crippen LogP contribution in [0.4, 0.5) is 10.1 Å². The molecule has 0 spiro atoms. The van der Waals surface area contributed by atoms with Crippen LogP contribution in [0.1, 0.15) is 34.2 Å². The fourth-order valence-electron chi connectivity index (χ4n) is 2.80. The maximum atomic E-state index is 13.5. The van der Waals surface area contributed by atoms with E-state index in [-0.39, 0.29) is 39.7 Å². The van der Waals surface area contributed by atoms with Gasteiger partial charge in [-0.15, -0.1) is 0 Å². The van der Waals surface area contributed by atoms with E-state index in [1.165, 1.54) is 13.8 Å². The lowest BCUT2D eigenvalue weighted by Gasteiger charge is -2.13. The maximum absolute atomic E-state index is 13.5. The zero-order valence-corrected chi connectivity index (χ0v) is 17.4. The fourth-order valence-corrected chi connectivity index (χ4v) is 5.16. The summed E-state index contributed by atoms with van der Waals surface area (Å²) in [6, 6.07) is 3.13. The Hall–Kier alpha value is -2.40. The minimum Gasteiger partial charge on any atom is -0.461 e. The topological polar surface area (TPSA) is 122 Å². The van der Waals surface area contributed by atoms with Gasteiger partial charge < -0.3 is 9.72 Å². The van der Waals surface area contributed by atoms with Crippen LogP contribution in [-0.4, -0.2) is 40.7 Å². The highest BCUT2D eigenvalue weighted by Crippen LogP contribution is 2.28. The number of aryl methyl sites for hydroxylation is 1. The quantitative estimate of drug-likeness (QED) is 0.647. The molecule has 2 aromatic rings. The first-order valence-corrected chi connectivity index (χ1v) is 11.8. The summed E-state index contributed by atoms with van der Waals surface area (Å²) in [4.78, 5) is 14.5. The van der Waals surface area contributed by atoms with Crippen molar-refractivity contribution in [2.75, 3.05) is 17.6 Å². The molecule has 0 aliphatic carbocycles. The number of aromatic amines is 1. The number of aromatic nitrogens is 1. The van der Waals surface area contributed by atoms with Crippen molar-refractivity contribution >= 4 is 31.5 Å². The molecule has 0 amide bonds. The number of ether oxygens (including phenoxy) is 1. The van der Waals surface area contributed by atoms with E-state index in [2.05, 4.69) is 9.71 Å². The molecule has 0 unspecified atom stereocenters. The number of H-pyrrole nitrogens is 1. The molecule has 2 N–H and O–H groups in total. The van der Waals surface area contributed by atoms with Crippen LogP contribution in [0.5, 0.6) is 0 Å². The number of sulfone groups is 1. The third-order valence-electron chi connectivity index (χ3n) is 3.85. The van der Waals surface area contributed by atoms with Crippen LogP contribution in [-0.2, 0) is 30.4 Å². The second-order valence-electron chi connectivity index (χ2n) is 6.28. The van der Waals surface area contributed by atoms with E-state index in [0.717, 1.165) is 24.5 Å². The highest BCUT2D eigenvalue weighted by molar-refractivity contribution is 7.93. The molecule has 0 fully saturated rings. The smallest absolute Gasteiger partial charge is 0.355 e. The lowest BCUT2D eigenvalue weighted by atomic mass is 10.2. The molecule has 8 nitrogen and oxygen atoms in total. The van der Waals surface area contributed by atoms with Gasteiger partial charge in [-0.2, -0.15) is 0 Å². The first kappa shape index (κ1) is 21.9. The molecule has 1 aromatic heterocycles. The van der Waals surface area contributed by atoms with Crippen LogP contribution >= 0.6 is 0 Å². The van der Waals surface area contributed by atoms with Gasteiger partial charge in [-0.05, 0) is 44.5 Å². The Balaban J connectivity index is 2.50. The molecule has 2 rings (SSSR count). The molecule has 0 aliphatic heterocycles. The number of carbonyl (C=O) groups is 1. The van der Waals surface area contributed by atoms with Gasteiger partial charge in [0, 0.05) is 17.5 Å². The lowest BCUT2D eigenvalue weighted by molar-refractivity contribution is 0.0519. The van der Waals surface area contributed by atoms with Crippen molar-refractivity contribution in [2.45, 2.75) is 31.4 Å². The van der Waals surface area contributed by atoms with Crippen molar-refractivity contribution < 1.29 is 30.8 Å². The number of halogens is 1. The maximum Gasteiger partial charge on any atom is 0.355 e. The zero-order valence-electron chi connectivity index (χ0n) is 15.8. The van der Waals surface area contributed by atoms with Crippen LogP contribution in [0.3, 0.4) is 0 Å². The number of nitrogens with one attached hydrogen (secondary N) is 2. The van der Waals surface area contributed by atoms with Crippen LogP contribution < -0.4 is 4.72 Å². The van der Waals surface area contributed by atoms with Gasteiger partial charge in [-0.3, -0.25) is 4.72 Å². The molecule has 0 bridgehead atoms. The average Bonchev–Trinajstić information content (AvgIpc) is 2.84. The average molecular weight is 432 g/mol. The SMILES string of the molecule is CCOC(=O)c1[nH]c(C)c(S(=O)(=O)Nc2ccc(F)cc2CS(C)(=O)=O)c1C. The standard InChI is InChI=1S/C17H21FN2O6S2/c1-5-26-17(21)15-10(2)16(11(3)19-15)28(24,25)20-14-7-6-13(18)8-12(14)9-27(4,22)23/h6-8,19-20H,5,9H2,1-4H3. The molecule has 0 radical (unpaired) electrons. The molecule has 0 atom stereocenters. The van der Waals surface area contributed by atoms with Crippen LogP contribution in [0.2, 0.25) is 0 Å². The molecule has 0 saturated heterocycles. The number of anilines is 1. The predicted octanol–water partition coefficient (Wildman–Crippen LogP) is 2.29. The van der Waals surface area contributed by atoms with Crippen LogP contribution in [0.25, 0.3) is 0 Å². The van der Waals surface area contributed by atoms with Gasteiger partial charge in [0.1, 0.15) is 16.4 Å². The largest absolute Gasteiger partial charge is 0.461 e. The van der Waals surface area contributed by atoms with E-state index in [1.54, 1.807) is 6.92 Å². The van der Waals surface area contributed by atoms with E-state index >= 15 is 0 Å². The molecule has 1 heterocycles. The van der Waals surface area contributed by atoms with E-state index in [1.807, 2.05) is 0 Å². The van der Waals surface area contributed by atoms with Gasteiger partial charge in [0.25, 0.3) is 10.0 Å². The Morgan fingerprint density at radius 1 is 1.21 bits per heavy atom. The molecular formula is C17H21FN2O6S2. The van der Waals surface area contributed by atoms with Gasteiger partial charge in [0.2, 0.25) is 0 Å². The van der Waals surface area contributed by atoms with Crippen LogP contribution in [0.15, 0.2) is 23.1 Å².